The lowest BCUT2D eigenvalue weighted by Crippen LogP contribution is -1.99. The van der Waals surface area contributed by atoms with Gasteiger partial charge in [-0.25, -0.2) is 9.37 Å². The van der Waals surface area contributed by atoms with E-state index in [-0.39, 0.29) is 11.4 Å². The van der Waals surface area contributed by atoms with Gasteiger partial charge in [0.25, 0.3) is 0 Å². The number of aliphatic carboxylic acids is 1. The highest BCUT2D eigenvalue weighted by Gasteiger charge is 2.15. The second-order valence-electron chi connectivity index (χ2n) is 3.44. The molecule has 0 aliphatic carbocycles. The van der Waals surface area contributed by atoms with Gasteiger partial charge in [-0.2, -0.15) is 0 Å². The summed E-state index contributed by atoms with van der Waals surface area (Å²) in [5.41, 5.74) is 0.972. The van der Waals surface area contributed by atoms with Gasteiger partial charge in [0, 0.05) is 10.4 Å². The number of hydrogen-bond acceptors (Lipinski definition) is 3. The summed E-state index contributed by atoms with van der Waals surface area (Å²) < 4.78 is 13.9. The lowest BCUT2D eigenvalue weighted by Gasteiger charge is -2.01. The SMILES string of the molecule is O=C(O)Cc1sc(Br)nc1-c1ccc(Cl)c(F)c1. The van der Waals surface area contributed by atoms with Crippen LogP contribution in [0.2, 0.25) is 5.02 Å². The Balaban J connectivity index is 2.49. The fourth-order valence-corrected chi connectivity index (χ4v) is 3.13. The largest absolute Gasteiger partial charge is 0.481 e. The highest BCUT2D eigenvalue weighted by Crippen LogP contribution is 2.32. The van der Waals surface area contributed by atoms with Gasteiger partial charge in [0.1, 0.15) is 5.82 Å². The van der Waals surface area contributed by atoms with E-state index in [4.69, 9.17) is 16.7 Å². The third-order valence-electron chi connectivity index (χ3n) is 2.18. The van der Waals surface area contributed by atoms with Crippen LogP contribution in [0.1, 0.15) is 4.88 Å². The van der Waals surface area contributed by atoms with Gasteiger partial charge < -0.3 is 5.11 Å². The number of hydrogen-bond donors (Lipinski definition) is 1. The molecular weight excluding hydrogens is 345 g/mol. The smallest absolute Gasteiger partial charge is 0.308 e. The summed E-state index contributed by atoms with van der Waals surface area (Å²) in [5.74, 6) is -1.51. The Morgan fingerprint density at radius 2 is 2.28 bits per heavy atom. The zero-order chi connectivity index (χ0) is 13.3. The van der Waals surface area contributed by atoms with Crippen molar-refractivity contribution in [1.82, 2.24) is 4.98 Å². The van der Waals surface area contributed by atoms with Crippen molar-refractivity contribution in [2.45, 2.75) is 6.42 Å². The molecule has 0 saturated carbocycles. The van der Waals surface area contributed by atoms with E-state index in [1.807, 2.05) is 0 Å². The summed E-state index contributed by atoms with van der Waals surface area (Å²) in [7, 11) is 0. The molecule has 0 unspecified atom stereocenters. The number of halogens is 3. The minimum Gasteiger partial charge on any atom is -0.481 e. The average molecular weight is 351 g/mol. The first kappa shape index (κ1) is 13.5. The van der Waals surface area contributed by atoms with Crippen molar-refractivity contribution < 1.29 is 14.3 Å². The molecule has 0 radical (unpaired) electrons. The van der Waals surface area contributed by atoms with Crippen LogP contribution in [0.3, 0.4) is 0 Å². The fourth-order valence-electron chi connectivity index (χ4n) is 1.45. The van der Waals surface area contributed by atoms with Gasteiger partial charge >= 0.3 is 5.97 Å². The molecule has 0 bridgehead atoms. The molecule has 0 fully saturated rings. The molecule has 0 amide bonds. The maximum atomic E-state index is 13.4. The van der Waals surface area contributed by atoms with Crippen LogP contribution < -0.4 is 0 Å². The second kappa shape index (κ2) is 5.34. The van der Waals surface area contributed by atoms with Crippen LogP contribution in [0.25, 0.3) is 11.3 Å². The molecule has 3 nitrogen and oxygen atoms in total. The number of carboxylic acids is 1. The molecule has 0 saturated heterocycles. The van der Waals surface area contributed by atoms with Crippen LogP contribution in [0, 0.1) is 5.82 Å². The Morgan fingerprint density at radius 3 is 2.89 bits per heavy atom. The molecule has 18 heavy (non-hydrogen) atoms. The first-order valence-corrected chi connectivity index (χ1v) is 6.78. The summed E-state index contributed by atoms with van der Waals surface area (Å²) >= 11 is 10.0. The molecule has 1 aromatic carbocycles. The number of nitrogens with zero attached hydrogens (tertiary/aromatic N) is 1. The van der Waals surface area contributed by atoms with Gasteiger partial charge in [-0.05, 0) is 28.1 Å². The predicted molar refractivity (Wildman–Crippen MR) is 71.6 cm³/mol. The Morgan fingerprint density at radius 1 is 1.56 bits per heavy atom. The van der Waals surface area contributed by atoms with E-state index in [2.05, 4.69) is 20.9 Å². The zero-order valence-electron chi connectivity index (χ0n) is 8.78. The topological polar surface area (TPSA) is 50.2 Å². The molecule has 0 aliphatic heterocycles. The van der Waals surface area contributed by atoms with Crippen LogP contribution in [0.15, 0.2) is 22.1 Å². The normalized spacial score (nSPS) is 10.6. The summed E-state index contributed by atoms with van der Waals surface area (Å²) in [6.45, 7) is 0. The van der Waals surface area contributed by atoms with E-state index in [1.165, 1.54) is 23.5 Å². The molecule has 1 heterocycles. The zero-order valence-corrected chi connectivity index (χ0v) is 11.9. The fraction of sp³-hybridized carbons (Fsp3) is 0.0909. The minimum absolute atomic E-state index is 0.0211. The summed E-state index contributed by atoms with van der Waals surface area (Å²) in [5, 5.41) is 8.84. The van der Waals surface area contributed by atoms with Crippen LogP contribution in [-0.2, 0) is 11.2 Å². The first-order valence-electron chi connectivity index (χ1n) is 4.80. The van der Waals surface area contributed by atoms with Crippen molar-refractivity contribution in [3.8, 4) is 11.3 Å². The van der Waals surface area contributed by atoms with Crippen LogP contribution >= 0.6 is 38.9 Å². The number of benzene rings is 1. The van der Waals surface area contributed by atoms with Gasteiger partial charge in [0.15, 0.2) is 3.92 Å². The van der Waals surface area contributed by atoms with E-state index in [0.717, 1.165) is 0 Å². The maximum Gasteiger partial charge on any atom is 0.308 e. The number of carboxylic acid groups (broad SMARTS) is 1. The van der Waals surface area contributed by atoms with E-state index in [0.29, 0.717) is 20.1 Å². The van der Waals surface area contributed by atoms with Crippen LogP contribution in [-0.4, -0.2) is 16.1 Å². The number of thiazole rings is 1. The van der Waals surface area contributed by atoms with Gasteiger partial charge in [0.2, 0.25) is 0 Å². The molecule has 2 rings (SSSR count). The van der Waals surface area contributed by atoms with E-state index < -0.39 is 11.8 Å². The number of rotatable bonds is 3. The van der Waals surface area contributed by atoms with Gasteiger partial charge in [0.05, 0.1) is 17.1 Å². The molecule has 2 aromatic rings. The molecule has 94 valence electrons. The van der Waals surface area contributed by atoms with Crippen LogP contribution in [0.5, 0.6) is 0 Å². The summed E-state index contributed by atoms with van der Waals surface area (Å²) in [4.78, 5) is 15.5. The first-order chi connectivity index (χ1) is 8.47. The molecule has 1 aromatic heterocycles. The van der Waals surface area contributed by atoms with Crippen molar-refractivity contribution in [2.24, 2.45) is 0 Å². The standard InChI is InChI=1S/C11H6BrClFNO2S/c12-11-15-10(8(18-11)4-9(16)17)5-1-2-6(13)7(14)3-5/h1-3H,4H2,(H,16,17). The quantitative estimate of drug-likeness (QED) is 0.910. The molecule has 0 aliphatic rings. The van der Waals surface area contributed by atoms with Crippen LogP contribution in [0.4, 0.5) is 4.39 Å². The molecule has 0 spiro atoms. The lowest BCUT2D eigenvalue weighted by atomic mass is 10.1. The highest BCUT2D eigenvalue weighted by molar-refractivity contribution is 9.11. The van der Waals surface area contributed by atoms with Crippen molar-refractivity contribution >= 4 is 44.8 Å². The van der Waals surface area contributed by atoms with Crippen molar-refractivity contribution in [3.05, 3.63) is 37.8 Å². The monoisotopic (exact) mass is 349 g/mol. The highest BCUT2D eigenvalue weighted by atomic mass is 79.9. The Kier molecular flexibility index (Phi) is 3.99. The third-order valence-corrected chi connectivity index (χ3v) is 3.99. The maximum absolute atomic E-state index is 13.4. The van der Waals surface area contributed by atoms with Gasteiger partial charge in [-0.15, -0.1) is 11.3 Å². The third kappa shape index (κ3) is 2.88. The van der Waals surface area contributed by atoms with Gasteiger partial charge in [-0.1, -0.05) is 17.7 Å². The molecule has 0 atom stereocenters. The second-order valence-corrected chi connectivity index (χ2v) is 6.20. The van der Waals surface area contributed by atoms with Crippen molar-refractivity contribution in [2.75, 3.05) is 0 Å². The van der Waals surface area contributed by atoms with E-state index in [1.54, 1.807) is 6.07 Å². The molecule has 1 N–H and O–H groups in total. The average Bonchev–Trinajstić information content (AvgIpc) is 2.62. The molecule has 7 heteroatoms. The van der Waals surface area contributed by atoms with E-state index in [9.17, 15) is 9.18 Å². The number of aromatic nitrogens is 1. The Bertz CT molecular complexity index is 617. The van der Waals surface area contributed by atoms with Crippen molar-refractivity contribution in [1.29, 1.82) is 0 Å². The molecular formula is C11H6BrClFNO2S. The van der Waals surface area contributed by atoms with Gasteiger partial charge in [-0.3, -0.25) is 4.79 Å². The number of carbonyl (C=O) groups is 1. The Labute approximate surface area is 119 Å². The Hall–Kier alpha value is -0.980. The minimum atomic E-state index is -0.957. The van der Waals surface area contributed by atoms with Crippen molar-refractivity contribution in [3.63, 3.8) is 0 Å². The lowest BCUT2D eigenvalue weighted by molar-refractivity contribution is -0.136. The summed E-state index contributed by atoms with van der Waals surface area (Å²) in [6, 6.07) is 4.28. The van der Waals surface area contributed by atoms with E-state index >= 15 is 0 Å². The summed E-state index contributed by atoms with van der Waals surface area (Å²) in [6.07, 6.45) is -0.150. The predicted octanol–water partition coefficient (Wildman–Crippen LogP) is 3.99.